The number of benzene rings is 3. The van der Waals surface area contributed by atoms with Gasteiger partial charge < -0.3 is 15.4 Å². The zero-order valence-corrected chi connectivity index (χ0v) is 16.6. The Balaban J connectivity index is 1.33. The van der Waals surface area contributed by atoms with E-state index in [0.717, 1.165) is 47.8 Å². The van der Waals surface area contributed by atoms with Crippen LogP contribution in [-0.4, -0.2) is 25.0 Å². The molecule has 2 N–H and O–H groups in total. The highest BCUT2D eigenvalue weighted by Crippen LogP contribution is 2.54. The number of carbonyl (C=O) groups is 1. The van der Waals surface area contributed by atoms with Gasteiger partial charge in [-0.1, -0.05) is 18.2 Å². The second-order valence-electron chi connectivity index (χ2n) is 8.37. The standard InChI is InChI=1S/C25H20F2N2O2/c26-15-3-6-17(22(27)11-15)13-1-4-18-20(9-13)24-21-10-14(2-5-19(21)23(18)31-24)25(30)29-16-7-8-28-12-16/h1-6,9-11,16,23-24,28H,7-8,12H2,(H,29,30)/t16-,23-,24+/m0/s1. The van der Waals surface area contributed by atoms with Crippen LogP contribution < -0.4 is 10.6 Å². The van der Waals surface area contributed by atoms with Crippen molar-refractivity contribution in [1.82, 2.24) is 10.6 Å². The maximum absolute atomic E-state index is 14.3. The molecule has 0 aliphatic carbocycles. The Morgan fingerprint density at radius 1 is 0.935 bits per heavy atom. The molecule has 3 atom stereocenters. The van der Waals surface area contributed by atoms with Gasteiger partial charge in [-0.3, -0.25) is 4.79 Å². The first-order valence-electron chi connectivity index (χ1n) is 10.5. The van der Waals surface area contributed by atoms with Crippen LogP contribution >= 0.6 is 0 Å². The second-order valence-corrected chi connectivity index (χ2v) is 8.37. The summed E-state index contributed by atoms with van der Waals surface area (Å²) in [6, 6.07) is 15.2. The number of rotatable bonds is 3. The minimum absolute atomic E-state index is 0.0818. The summed E-state index contributed by atoms with van der Waals surface area (Å²) in [5.74, 6) is -1.27. The fourth-order valence-electron chi connectivity index (χ4n) is 4.92. The van der Waals surface area contributed by atoms with Crippen LogP contribution in [0, 0.1) is 11.6 Å². The van der Waals surface area contributed by atoms with Gasteiger partial charge in [-0.05, 0) is 71.1 Å². The summed E-state index contributed by atoms with van der Waals surface area (Å²) in [6.45, 7) is 1.71. The van der Waals surface area contributed by atoms with E-state index in [4.69, 9.17) is 4.74 Å². The SMILES string of the molecule is O=C(N[C@H]1CCNC1)c1ccc2c(c1)[C@@H]1O[C@H]2c2ccc(-c3ccc(F)cc3F)cc21. The summed E-state index contributed by atoms with van der Waals surface area (Å²) in [7, 11) is 0. The van der Waals surface area contributed by atoms with Crippen molar-refractivity contribution in [2.24, 2.45) is 0 Å². The zero-order valence-electron chi connectivity index (χ0n) is 16.6. The van der Waals surface area contributed by atoms with Crippen molar-refractivity contribution in [3.63, 3.8) is 0 Å². The van der Waals surface area contributed by atoms with Crippen molar-refractivity contribution in [1.29, 1.82) is 0 Å². The molecule has 4 nitrogen and oxygen atoms in total. The number of fused-ring (bicyclic) bond motifs is 8. The van der Waals surface area contributed by atoms with E-state index >= 15 is 0 Å². The molecule has 1 saturated heterocycles. The number of carbonyl (C=O) groups excluding carboxylic acids is 1. The van der Waals surface area contributed by atoms with Gasteiger partial charge in [0.05, 0.1) is 0 Å². The van der Waals surface area contributed by atoms with Gasteiger partial charge in [-0.2, -0.15) is 0 Å². The molecule has 3 aliphatic rings. The van der Waals surface area contributed by atoms with Gasteiger partial charge in [0, 0.05) is 29.8 Å². The van der Waals surface area contributed by atoms with Crippen molar-refractivity contribution in [2.75, 3.05) is 13.1 Å². The third kappa shape index (κ3) is 2.98. The van der Waals surface area contributed by atoms with Crippen molar-refractivity contribution < 1.29 is 18.3 Å². The highest BCUT2D eigenvalue weighted by atomic mass is 19.1. The fourth-order valence-corrected chi connectivity index (χ4v) is 4.92. The predicted octanol–water partition coefficient (Wildman–Crippen LogP) is 4.25. The Labute approximate surface area is 178 Å². The Bertz CT molecular complexity index is 1220. The van der Waals surface area contributed by atoms with Gasteiger partial charge in [-0.25, -0.2) is 8.78 Å². The van der Waals surface area contributed by atoms with Crippen LogP contribution in [0.1, 0.15) is 51.2 Å². The van der Waals surface area contributed by atoms with E-state index in [1.807, 2.05) is 36.4 Å². The molecule has 3 heterocycles. The first kappa shape index (κ1) is 18.7. The third-order valence-corrected chi connectivity index (χ3v) is 6.48. The maximum Gasteiger partial charge on any atom is 0.251 e. The molecule has 31 heavy (non-hydrogen) atoms. The number of halogens is 2. The molecule has 6 rings (SSSR count). The summed E-state index contributed by atoms with van der Waals surface area (Å²) in [5.41, 5.74) is 5.71. The van der Waals surface area contributed by atoms with E-state index in [9.17, 15) is 13.6 Å². The molecule has 2 bridgehead atoms. The molecule has 0 radical (unpaired) electrons. The number of ether oxygens (including phenoxy) is 1. The van der Waals surface area contributed by atoms with Gasteiger partial charge in [0.2, 0.25) is 0 Å². The van der Waals surface area contributed by atoms with Crippen molar-refractivity contribution in [3.8, 4) is 11.1 Å². The average Bonchev–Trinajstić information content (AvgIpc) is 3.49. The lowest BCUT2D eigenvalue weighted by Crippen LogP contribution is -2.36. The van der Waals surface area contributed by atoms with E-state index in [1.165, 1.54) is 12.1 Å². The number of hydrogen-bond acceptors (Lipinski definition) is 3. The van der Waals surface area contributed by atoms with Crippen molar-refractivity contribution in [2.45, 2.75) is 24.7 Å². The van der Waals surface area contributed by atoms with E-state index < -0.39 is 11.6 Å². The van der Waals surface area contributed by atoms with E-state index in [1.54, 1.807) is 0 Å². The minimum atomic E-state index is -0.599. The summed E-state index contributed by atoms with van der Waals surface area (Å²) >= 11 is 0. The van der Waals surface area contributed by atoms with E-state index in [2.05, 4.69) is 10.6 Å². The first-order valence-corrected chi connectivity index (χ1v) is 10.5. The van der Waals surface area contributed by atoms with Crippen LogP contribution in [0.2, 0.25) is 0 Å². The summed E-state index contributed by atoms with van der Waals surface area (Å²) in [5, 5.41) is 6.32. The average molecular weight is 418 g/mol. The lowest BCUT2D eigenvalue weighted by atomic mass is 9.83. The van der Waals surface area contributed by atoms with Crippen LogP contribution in [0.25, 0.3) is 11.1 Å². The molecule has 0 aromatic heterocycles. The maximum atomic E-state index is 14.3. The highest BCUT2D eigenvalue weighted by molar-refractivity contribution is 5.95. The number of hydrogen-bond donors (Lipinski definition) is 2. The lowest BCUT2D eigenvalue weighted by Gasteiger charge is -2.18. The van der Waals surface area contributed by atoms with Crippen LogP contribution in [0.4, 0.5) is 8.78 Å². The Morgan fingerprint density at radius 3 is 2.48 bits per heavy atom. The second kappa shape index (κ2) is 6.97. The quantitative estimate of drug-likeness (QED) is 0.669. The van der Waals surface area contributed by atoms with Gasteiger partial charge in [0.1, 0.15) is 23.8 Å². The van der Waals surface area contributed by atoms with Gasteiger partial charge in [-0.15, -0.1) is 0 Å². The zero-order chi connectivity index (χ0) is 21.1. The molecule has 156 valence electrons. The van der Waals surface area contributed by atoms with Crippen LogP contribution in [-0.2, 0) is 4.74 Å². The summed E-state index contributed by atoms with van der Waals surface area (Å²) < 4.78 is 33.8. The Hall–Kier alpha value is -3.09. The first-order chi connectivity index (χ1) is 15.1. The van der Waals surface area contributed by atoms with E-state index in [0.29, 0.717) is 16.7 Å². The molecule has 0 unspecified atom stereocenters. The van der Waals surface area contributed by atoms with Gasteiger partial charge >= 0.3 is 0 Å². The largest absolute Gasteiger partial charge is 0.356 e. The lowest BCUT2D eigenvalue weighted by molar-refractivity contribution is 0.0857. The monoisotopic (exact) mass is 418 g/mol. The van der Waals surface area contributed by atoms with Crippen LogP contribution in [0.15, 0.2) is 54.6 Å². The molecule has 0 saturated carbocycles. The molecular weight excluding hydrogens is 398 g/mol. The number of nitrogens with one attached hydrogen (secondary N) is 2. The Kier molecular flexibility index (Phi) is 4.20. The number of amides is 1. The molecule has 6 heteroatoms. The van der Waals surface area contributed by atoms with Crippen molar-refractivity contribution >= 4 is 5.91 Å². The molecule has 3 aromatic rings. The molecule has 3 aliphatic heterocycles. The van der Waals surface area contributed by atoms with Crippen LogP contribution in [0.5, 0.6) is 0 Å². The Morgan fingerprint density at radius 2 is 1.71 bits per heavy atom. The highest BCUT2D eigenvalue weighted by Gasteiger charge is 2.43. The summed E-state index contributed by atoms with van der Waals surface area (Å²) in [4.78, 5) is 12.7. The molecule has 1 fully saturated rings. The molecule has 1 amide bonds. The molecular formula is C25H20F2N2O2. The topological polar surface area (TPSA) is 50.4 Å². The smallest absolute Gasteiger partial charge is 0.251 e. The minimum Gasteiger partial charge on any atom is -0.356 e. The predicted molar refractivity (Wildman–Crippen MR) is 112 cm³/mol. The normalized spacial score (nSPS) is 23.0. The van der Waals surface area contributed by atoms with Crippen LogP contribution in [0.3, 0.4) is 0 Å². The third-order valence-electron chi connectivity index (χ3n) is 6.48. The molecule has 0 spiro atoms. The molecule has 3 aromatic carbocycles. The van der Waals surface area contributed by atoms with Gasteiger partial charge in [0.25, 0.3) is 5.91 Å². The van der Waals surface area contributed by atoms with Crippen molar-refractivity contribution in [3.05, 3.63) is 94.0 Å². The summed E-state index contributed by atoms with van der Waals surface area (Å²) in [6.07, 6.45) is 0.457. The van der Waals surface area contributed by atoms with Gasteiger partial charge in [0.15, 0.2) is 0 Å². The van der Waals surface area contributed by atoms with E-state index in [-0.39, 0.29) is 24.2 Å². The fraction of sp³-hybridized carbons (Fsp3) is 0.240.